The van der Waals surface area contributed by atoms with Crippen LogP contribution in [0.15, 0.2) is 18.2 Å². The van der Waals surface area contributed by atoms with Crippen LogP contribution >= 0.6 is 35.4 Å². The minimum Gasteiger partial charge on any atom is -0.360 e. The quantitative estimate of drug-likeness (QED) is 0.593. The Labute approximate surface area is 129 Å². The van der Waals surface area contributed by atoms with E-state index in [1.165, 1.54) is 38.5 Å². The van der Waals surface area contributed by atoms with Gasteiger partial charge in [0.05, 0.1) is 10.0 Å². The van der Waals surface area contributed by atoms with Crippen molar-refractivity contribution < 1.29 is 0 Å². The van der Waals surface area contributed by atoms with Gasteiger partial charge in [0.15, 0.2) is 5.11 Å². The van der Waals surface area contributed by atoms with E-state index in [0.717, 1.165) is 5.69 Å². The predicted molar refractivity (Wildman–Crippen MR) is 87.3 cm³/mol. The third-order valence-corrected chi connectivity index (χ3v) is 4.33. The molecule has 1 aromatic rings. The molecule has 0 unspecified atom stereocenters. The largest absolute Gasteiger partial charge is 0.360 e. The van der Waals surface area contributed by atoms with Crippen molar-refractivity contribution in [1.29, 1.82) is 0 Å². The lowest BCUT2D eigenvalue weighted by atomic mass is 10.1. The van der Waals surface area contributed by atoms with E-state index in [4.69, 9.17) is 35.4 Å². The van der Waals surface area contributed by atoms with E-state index in [0.29, 0.717) is 21.2 Å². The van der Waals surface area contributed by atoms with Crippen LogP contribution in [0.5, 0.6) is 0 Å². The van der Waals surface area contributed by atoms with Crippen LogP contribution in [0.4, 0.5) is 5.69 Å². The van der Waals surface area contributed by atoms with Gasteiger partial charge in [-0.3, -0.25) is 0 Å². The van der Waals surface area contributed by atoms with Crippen molar-refractivity contribution in [2.45, 2.75) is 44.6 Å². The number of hydrogen-bond donors (Lipinski definition) is 2. The summed E-state index contributed by atoms with van der Waals surface area (Å²) in [6, 6.07) is 5.91. The summed E-state index contributed by atoms with van der Waals surface area (Å²) in [5.41, 5.74) is 0.862. The van der Waals surface area contributed by atoms with Crippen molar-refractivity contribution in [3.8, 4) is 0 Å². The highest BCUT2D eigenvalue weighted by Crippen LogP contribution is 2.25. The highest BCUT2D eigenvalue weighted by Gasteiger charge is 2.13. The van der Waals surface area contributed by atoms with Crippen molar-refractivity contribution in [1.82, 2.24) is 5.32 Å². The second kappa shape index (κ2) is 7.32. The Bertz CT molecular complexity index is 443. The molecule has 19 heavy (non-hydrogen) atoms. The minimum absolute atomic E-state index is 0.491. The van der Waals surface area contributed by atoms with Crippen LogP contribution in [0.25, 0.3) is 0 Å². The second-order valence-corrected chi connectivity index (χ2v) is 6.14. The van der Waals surface area contributed by atoms with Crippen LogP contribution in [0.2, 0.25) is 10.0 Å². The van der Waals surface area contributed by atoms with Crippen LogP contribution in [-0.4, -0.2) is 11.2 Å². The maximum atomic E-state index is 5.98. The molecule has 2 rings (SSSR count). The molecule has 1 aliphatic rings. The molecule has 0 aromatic heterocycles. The van der Waals surface area contributed by atoms with Gasteiger partial charge in [-0.15, -0.1) is 0 Å². The van der Waals surface area contributed by atoms with Crippen molar-refractivity contribution in [2.24, 2.45) is 0 Å². The third-order valence-electron chi connectivity index (χ3n) is 3.37. The monoisotopic (exact) mass is 316 g/mol. The molecule has 5 heteroatoms. The first kappa shape index (κ1) is 14.9. The Balaban J connectivity index is 1.87. The van der Waals surface area contributed by atoms with Gasteiger partial charge in [-0.05, 0) is 43.3 Å². The molecule has 2 nitrogen and oxygen atoms in total. The fourth-order valence-corrected chi connectivity index (χ4v) is 2.93. The standard InChI is InChI=1S/C14H18Cl2N2S/c15-12-8-7-11(9-13(12)16)18-14(19)17-10-5-3-1-2-4-6-10/h7-10H,1-6H2,(H2,17,18,19). The molecule has 0 saturated heterocycles. The van der Waals surface area contributed by atoms with Crippen molar-refractivity contribution >= 4 is 46.2 Å². The average molecular weight is 317 g/mol. The number of anilines is 1. The third kappa shape index (κ3) is 4.83. The topological polar surface area (TPSA) is 24.1 Å². The van der Waals surface area contributed by atoms with E-state index in [1.807, 2.05) is 6.07 Å². The van der Waals surface area contributed by atoms with Gasteiger partial charge in [0.2, 0.25) is 0 Å². The zero-order valence-electron chi connectivity index (χ0n) is 10.7. The van der Waals surface area contributed by atoms with Crippen LogP contribution < -0.4 is 10.6 Å². The molecule has 2 N–H and O–H groups in total. The van der Waals surface area contributed by atoms with Gasteiger partial charge < -0.3 is 10.6 Å². The molecule has 0 spiro atoms. The molecule has 0 atom stereocenters. The van der Waals surface area contributed by atoms with E-state index in [9.17, 15) is 0 Å². The molecule has 0 heterocycles. The van der Waals surface area contributed by atoms with Crippen LogP contribution in [0.3, 0.4) is 0 Å². The summed E-state index contributed by atoms with van der Waals surface area (Å²) in [6.07, 6.45) is 7.64. The summed E-state index contributed by atoms with van der Waals surface area (Å²) >= 11 is 17.2. The summed E-state index contributed by atoms with van der Waals surface area (Å²) in [7, 11) is 0. The number of hydrogen-bond acceptors (Lipinski definition) is 1. The zero-order valence-corrected chi connectivity index (χ0v) is 13.0. The Morgan fingerprint density at radius 1 is 1.05 bits per heavy atom. The van der Waals surface area contributed by atoms with Crippen LogP contribution in [0.1, 0.15) is 38.5 Å². The summed E-state index contributed by atoms with van der Waals surface area (Å²) < 4.78 is 0. The summed E-state index contributed by atoms with van der Waals surface area (Å²) in [5, 5.41) is 8.28. The Kier molecular flexibility index (Phi) is 5.74. The normalized spacial score (nSPS) is 16.7. The smallest absolute Gasteiger partial charge is 0.170 e. The summed E-state index contributed by atoms with van der Waals surface area (Å²) in [5.74, 6) is 0. The highest BCUT2D eigenvalue weighted by atomic mass is 35.5. The lowest BCUT2D eigenvalue weighted by Gasteiger charge is -2.19. The van der Waals surface area contributed by atoms with Crippen molar-refractivity contribution in [2.75, 3.05) is 5.32 Å². The van der Waals surface area contributed by atoms with Crippen LogP contribution in [0, 0.1) is 0 Å². The number of nitrogens with one attached hydrogen (secondary N) is 2. The first-order valence-electron chi connectivity index (χ1n) is 6.68. The highest BCUT2D eigenvalue weighted by molar-refractivity contribution is 7.80. The molecular weight excluding hydrogens is 299 g/mol. The fourth-order valence-electron chi connectivity index (χ4n) is 2.35. The van der Waals surface area contributed by atoms with E-state index < -0.39 is 0 Å². The Morgan fingerprint density at radius 3 is 2.37 bits per heavy atom. The maximum Gasteiger partial charge on any atom is 0.170 e. The number of rotatable bonds is 2. The van der Waals surface area contributed by atoms with E-state index in [2.05, 4.69) is 10.6 Å². The molecule has 0 bridgehead atoms. The van der Waals surface area contributed by atoms with Gasteiger partial charge in [-0.25, -0.2) is 0 Å². The molecule has 1 aliphatic carbocycles. The van der Waals surface area contributed by atoms with Gasteiger partial charge in [-0.2, -0.15) is 0 Å². The van der Waals surface area contributed by atoms with Gasteiger partial charge in [0.25, 0.3) is 0 Å². The van der Waals surface area contributed by atoms with E-state index in [-0.39, 0.29) is 0 Å². The fraction of sp³-hybridized carbons (Fsp3) is 0.500. The van der Waals surface area contributed by atoms with Crippen molar-refractivity contribution in [3.05, 3.63) is 28.2 Å². The van der Waals surface area contributed by atoms with Crippen LogP contribution in [-0.2, 0) is 0 Å². The van der Waals surface area contributed by atoms with Gasteiger partial charge >= 0.3 is 0 Å². The number of thiocarbonyl (C=S) groups is 1. The summed E-state index contributed by atoms with van der Waals surface area (Å²) in [6.45, 7) is 0. The molecule has 1 fully saturated rings. The van der Waals surface area contributed by atoms with E-state index >= 15 is 0 Å². The first-order valence-corrected chi connectivity index (χ1v) is 7.84. The number of benzene rings is 1. The van der Waals surface area contributed by atoms with Gasteiger partial charge in [0.1, 0.15) is 0 Å². The summed E-state index contributed by atoms with van der Waals surface area (Å²) in [4.78, 5) is 0. The van der Waals surface area contributed by atoms with Crippen molar-refractivity contribution in [3.63, 3.8) is 0 Å². The lowest BCUT2D eigenvalue weighted by molar-refractivity contribution is 0.535. The molecule has 0 amide bonds. The lowest BCUT2D eigenvalue weighted by Crippen LogP contribution is -2.37. The molecule has 0 radical (unpaired) electrons. The Hall–Kier alpha value is -0.510. The number of halogens is 2. The molecule has 1 saturated carbocycles. The van der Waals surface area contributed by atoms with E-state index in [1.54, 1.807) is 12.1 Å². The Morgan fingerprint density at radius 2 is 1.74 bits per heavy atom. The SMILES string of the molecule is S=C(Nc1ccc(Cl)c(Cl)c1)NC1CCCCCC1. The molecular formula is C14H18Cl2N2S. The zero-order chi connectivity index (χ0) is 13.7. The molecule has 0 aliphatic heterocycles. The molecule has 1 aromatic carbocycles. The van der Waals surface area contributed by atoms with Gasteiger partial charge in [-0.1, -0.05) is 48.9 Å². The molecule has 104 valence electrons. The maximum absolute atomic E-state index is 5.98. The average Bonchev–Trinajstić information content (AvgIpc) is 2.62. The first-order chi connectivity index (χ1) is 9.15. The minimum atomic E-state index is 0.491. The second-order valence-electron chi connectivity index (χ2n) is 4.92. The predicted octanol–water partition coefficient (Wildman–Crippen LogP) is 5.00. The van der Waals surface area contributed by atoms with Gasteiger partial charge in [0, 0.05) is 11.7 Å².